The van der Waals surface area contributed by atoms with Gasteiger partial charge in [-0.15, -0.1) is 11.3 Å². The Morgan fingerprint density at radius 1 is 1.03 bits per heavy atom. The molecule has 38 heavy (non-hydrogen) atoms. The number of hydrogen-bond donors (Lipinski definition) is 1. The van der Waals surface area contributed by atoms with E-state index in [9.17, 15) is 9.90 Å². The van der Waals surface area contributed by atoms with Gasteiger partial charge in [0, 0.05) is 28.2 Å². The van der Waals surface area contributed by atoms with Crippen LogP contribution in [0.25, 0.3) is 10.1 Å². The Hall–Kier alpha value is -3.07. The second-order valence-corrected chi connectivity index (χ2v) is 11.8. The molecule has 1 aliphatic carbocycles. The summed E-state index contributed by atoms with van der Waals surface area (Å²) >= 11 is 5.18. The highest BCUT2D eigenvalue weighted by Crippen LogP contribution is 2.48. The predicted octanol–water partition coefficient (Wildman–Crippen LogP) is 6.65. The van der Waals surface area contributed by atoms with Crippen molar-refractivity contribution in [2.24, 2.45) is 0 Å². The molecule has 0 spiro atoms. The minimum absolute atomic E-state index is 0.120. The van der Waals surface area contributed by atoms with Crippen molar-refractivity contribution < 1.29 is 5.11 Å². The molecule has 0 amide bonds. The molecule has 3 aromatic heterocycles. The summed E-state index contributed by atoms with van der Waals surface area (Å²) in [6.45, 7) is 6.40. The van der Waals surface area contributed by atoms with Crippen LogP contribution in [0.2, 0.25) is 0 Å². The lowest BCUT2D eigenvalue weighted by Crippen LogP contribution is -2.23. The van der Waals surface area contributed by atoms with E-state index in [0.717, 1.165) is 56.2 Å². The Balaban J connectivity index is 1.50. The SMILES string of the molecule is CCn1nc(C2CC2)c2sc(C(O)c3c(C)nn(C(c4ccccc4)c4ccccc4)c3C)c(Br)c2c1=O. The zero-order chi connectivity index (χ0) is 26.6. The first kappa shape index (κ1) is 25.2. The van der Waals surface area contributed by atoms with Crippen molar-refractivity contribution in [1.82, 2.24) is 19.6 Å². The van der Waals surface area contributed by atoms with Crippen LogP contribution in [-0.4, -0.2) is 24.7 Å². The number of aryl methyl sites for hydroxylation is 2. The Bertz CT molecular complexity index is 1650. The van der Waals surface area contributed by atoms with Gasteiger partial charge in [-0.2, -0.15) is 10.2 Å². The fourth-order valence-corrected chi connectivity index (χ4v) is 7.57. The van der Waals surface area contributed by atoms with Crippen molar-refractivity contribution in [3.63, 3.8) is 0 Å². The van der Waals surface area contributed by atoms with Gasteiger partial charge >= 0.3 is 0 Å². The number of halogens is 1. The number of aliphatic hydroxyl groups excluding tert-OH is 1. The quantitative estimate of drug-likeness (QED) is 0.231. The van der Waals surface area contributed by atoms with Gasteiger partial charge in [0.1, 0.15) is 12.1 Å². The smallest absolute Gasteiger partial charge is 0.276 e. The van der Waals surface area contributed by atoms with Crippen LogP contribution in [0.1, 0.15) is 76.5 Å². The van der Waals surface area contributed by atoms with E-state index in [1.807, 2.05) is 61.9 Å². The molecular weight excluding hydrogens is 560 g/mol. The van der Waals surface area contributed by atoms with Crippen LogP contribution in [0.5, 0.6) is 0 Å². The minimum Gasteiger partial charge on any atom is -0.383 e. The molecule has 1 aliphatic rings. The van der Waals surface area contributed by atoms with E-state index < -0.39 is 6.10 Å². The van der Waals surface area contributed by atoms with Crippen molar-refractivity contribution in [3.05, 3.63) is 114 Å². The maximum Gasteiger partial charge on any atom is 0.276 e. The summed E-state index contributed by atoms with van der Waals surface area (Å²) in [5.41, 5.74) is 5.52. The lowest BCUT2D eigenvalue weighted by Gasteiger charge is -2.21. The topological polar surface area (TPSA) is 72.9 Å². The molecule has 0 saturated heterocycles. The molecule has 8 heteroatoms. The van der Waals surface area contributed by atoms with Gasteiger partial charge in [-0.25, -0.2) is 4.68 Å². The number of fused-ring (bicyclic) bond motifs is 1. The van der Waals surface area contributed by atoms with E-state index in [1.54, 1.807) is 4.68 Å². The van der Waals surface area contributed by atoms with Gasteiger partial charge in [0.05, 0.1) is 26.4 Å². The van der Waals surface area contributed by atoms with E-state index in [2.05, 4.69) is 40.2 Å². The lowest BCUT2D eigenvalue weighted by molar-refractivity contribution is 0.222. The summed E-state index contributed by atoms with van der Waals surface area (Å²) in [5.74, 6) is 0.384. The molecule has 1 atom stereocenters. The zero-order valence-corrected chi connectivity index (χ0v) is 24.0. The maximum atomic E-state index is 13.3. The summed E-state index contributed by atoms with van der Waals surface area (Å²) in [5, 5.41) is 22.1. The van der Waals surface area contributed by atoms with Crippen LogP contribution in [-0.2, 0) is 6.54 Å². The second kappa shape index (κ2) is 9.91. The molecule has 6 nitrogen and oxygen atoms in total. The second-order valence-electron chi connectivity index (χ2n) is 9.92. The molecule has 1 saturated carbocycles. The molecule has 3 heterocycles. The zero-order valence-electron chi connectivity index (χ0n) is 21.6. The summed E-state index contributed by atoms with van der Waals surface area (Å²) in [6.07, 6.45) is 1.25. The van der Waals surface area contributed by atoms with E-state index in [4.69, 9.17) is 10.2 Å². The standard InChI is InChI=1S/C30H29BrN4O2S/c1-4-34-30(37)23-24(31)29(38-28(23)25(33-34)19-15-16-19)27(36)22-17(2)32-35(18(22)3)26(20-11-7-5-8-12-20)21-13-9-6-10-14-21/h5-14,19,26-27,36H,4,15-16H2,1-3H3. The Morgan fingerprint density at radius 2 is 1.63 bits per heavy atom. The van der Waals surface area contributed by atoms with E-state index in [1.165, 1.54) is 11.3 Å². The van der Waals surface area contributed by atoms with Crippen LogP contribution in [0, 0.1) is 13.8 Å². The normalized spacial score (nSPS) is 14.5. The van der Waals surface area contributed by atoms with Gasteiger partial charge in [0.2, 0.25) is 0 Å². The third-order valence-corrected chi connectivity index (χ3v) is 9.78. The van der Waals surface area contributed by atoms with Crippen LogP contribution in [0.3, 0.4) is 0 Å². The largest absolute Gasteiger partial charge is 0.383 e. The number of thiophene rings is 1. The van der Waals surface area contributed by atoms with Crippen molar-refractivity contribution in [2.75, 3.05) is 0 Å². The number of rotatable bonds is 7. The van der Waals surface area contributed by atoms with E-state index in [-0.39, 0.29) is 11.6 Å². The first-order chi connectivity index (χ1) is 18.4. The van der Waals surface area contributed by atoms with Crippen molar-refractivity contribution in [1.29, 1.82) is 0 Å². The highest BCUT2D eigenvalue weighted by atomic mass is 79.9. The number of aromatic nitrogens is 4. The number of nitrogens with zero attached hydrogens (tertiary/aromatic N) is 4. The summed E-state index contributed by atoms with van der Waals surface area (Å²) in [4.78, 5) is 14.0. The molecule has 1 unspecified atom stereocenters. The van der Waals surface area contributed by atoms with Crippen LogP contribution in [0.4, 0.5) is 0 Å². The molecule has 194 valence electrons. The molecule has 1 fully saturated rings. The summed E-state index contributed by atoms with van der Waals surface area (Å²) in [7, 11) is 0. The number of hydrogen-bond acceptors (Lipinski definition) is 5. The van der Waals surface area contributed by atoms with Gasteiger partial charge in [-0.05, 0) is 60.7 Å². The average molecular weight is 590 g/mol. The van der Waals surface area contributed by atoms with E-state index in [0.29, 0.717) is 22.3 Å². The summed E-state index contributed by atoms with van der Waals surface area (Å²) in [6, 6.07) is 20.5. The van der Waals surface area contributed by atoms with Gasteiger partial charge in [-0.1, -0.05) is 60.7 Å². The third-order valence-electron chi connectivity index (χ3n) is 7.43. The Morgan fingerprint density at radius 3 is 2.18 bits per heavy atom. The molecule has 0 aliphatic heterocycles. The highest BCUT2D eigenvalue weighted by molar-refractivity contribution is 9.10. The first-order valence-electron chi connectivity index (χ1n) is 13.0. The van der Waals surface area contributed by atoms with Gasteiger partial charge in [0.25, 0.3) is 5.56 Å². The van der Waals surface area contributed by atoms with Crippen LogP contribution < -0.4 is 5.56 Å². The van der Waals surface area contributed by atoms with Crippen molar-refractivity contribution in [2.45, 2.75) is 58.2 Å². The minimum atomic E-state index is -0.927. The molecule has 6 rings (SSSR count). The maximum absolute atomic E-state index is 13.3. The van der Waals surface area contributed by atoms with Crippen LogP contribution in [0.15, 0.2) is 69.9 Å². The number of benzene rings is 2. The first-order valence-corrected chi connectivity index (χ1v) is 14.6. The highest BCUT2D eigenvalue weighted by Gasteiger charge is 2.33. The molecular formula is C30H29BrN4O2S. The fourth-order valence-electron chi connectivity index (χ4n) is 5.36. The average Bonchev–Trinajstić information content (AvgIpc) is 3.65. The van der Waals surface area contributed by atoms with Crippen molar-refractivity contribution >= 4 is 37.4 Å². The summed E-state index contributed by atoms with van der Waals surface area (Å²) < 4.78 is 5.11. The molecule has 0 bridgehead atoms. The molecule has 0 radical (unpaired) electrons. The van der Waals surface area contributed by atoms with Gasteiger partial charge in [0.15, 0.2) is 0 Å². The molecule has 5 aromatic rings. The Labute approximate surface area is 233 Å². The van der Waals surface area contributed by atoms with Gasteiger partial charge in [-0.3, -0.25) is 9.48 Å². The fraction of sp³-hybridized carbons (Fsp3) is 0.300. The lowest BCUT2D eigenvalue weighted by atomic mass is 9.98. The predicted molar refractivity (Wildman–Crippen MR) is 155 cm³/mol. The van der Waals surface area contributed by atoms with E-state index >= 15 is 0 Å². The van der Waals surface area contributed by atoms with Crippen LogP contribution >= 0.6 is 27.3 Å². The molecule has 2 aromatic carbocycles. The molecule has 1 N–H and O–H groups in total. The monoisotopic (exact) mass is 588 g/mol. The van der Waals surface area contributed by atoms with Gasteiger partial charge < -0.3 is 5.11 Å². The third kappa shape index (κ3) is 4.15. The number of aliphatic hydroxyl groups is 1. The Kier molecular flexibility index (Phi) is 6.58. The van der Waals surface area contributed by atoms with Crippen molar-refractivity contribution in [3.8, 4) is 0 Å².